The zero-order valence-electron chi connectivity index (χ0n) is 15.7. The minimum absolute atomic E-state index is 0.0218. The van der Waals surface area contributed by atoms with Crippen molar-refractivity contribution in [2.45, 2.75) is 39.7 Å². The Kier molecular flexibility index (Phi) is 5.40. The van der Waals surface area contributed by atoms with E-state index in [1.807, 2.05) is 31.3 Å². The van der Waals surface area contributed by atoms with Crippen molar-refractivity contribution < 1.29 is 9.59 Å². The summed E-state index contributed by atoms with van der Waals surface area (Å²) in [5.41, 5.74) is 5.63. The molecule has 1 heterocycles. The fourth-order valence-corrected chi connectivity index (χ4v) is 3.50. The quantitative estimate of drug-likeness (QED) is 0.890. The highest BCUT2D eigenvalue weighted by Crippen LogP contribution is 2.27. The van der Waals surface area contributed by atoms with E-state index in [-0.39, 0.29) is 17.7 Å². The molecule has 2 aromatic rings. The van der Waals surface area contributed by atoms with Crippen LogP contribution in [0.4, 0.5) is 5.69 Å². The number of amides is 2. The van der Waals surface area contributed by atoms with Crippen LogP contribution in [0.25, 0.3) is 0 Å². The molecule has 3 rings (SSSR count). The Balaban J connectivity index is 1.56. The van der Waals surface area contributed by atoms with E-state index in [0.717, 1.165) is 16.8 Å². The number of carbonyl (C=O) groups is 2. The first kappa shape index (κ1) is 18.2. The Bertz CT molecular complexity index is 829. The minimum atomic E-state index is -0.136. The summed E-state index contributed by atoms with van der Waals surface area (Å²) in [7, 11) is 1.83. The zero-order chi connectivity index (χ0) is 18.7. The predicted octanol–water partition coefficient (Wildman–Crippen LogP) is 3.85. The average Bonchev–Trinajstić information content (AvgIpc) is 2.61. The van der Waals surface area contributed by atoms with Gasteiger partial charge in [0.05, 0.1) is 0 Å². The van der Waals surface area contributed by atoms with Crippen molar-refractivity contribution in [2.24, 2.45) is 5.92 Å². The molecule has 0 radical (unpaired) electrons. The lowest BCUT2D eigenvalue weighted by Gasteiger charge is -2.25. The SMILES string of the molecule is Cc1ccc(CN(C)C(=O)CCC2Cc3ccccc3NC2=O)c(C)c1. The van der Waals surface area contributed by atoms with Crippen molar-refractivity contribution in [3.63, 3.8) is 0 Å². The van der Waals surface area contributed by atoms with Gasteiger partial charge in [0.15, 0.2) is 0 Å². The van der Waals surface area contributed by atoms with Crippen molar-refractivity contribution in [1.29, 1.82) is 0 Å². The molecule has 0 fully saturated rings. The van der Waals surface area contributed by atoms with Crippen molar-refractivity contribution in [3.05, 3.63) is 64.7 Å². The number of hydrogen-bond donors (Lipinski definition) is 1. The van der Waals surface area contributed by atoms with Gasteiger partial charge in [-0.3, -0.25) is 9.59 Å². The van der Waals surface area contributed by atoms with Crippen LogP contribution in [-0.4, -0.2) is 23.8 Å². The summed E-state index contributed by atoms with van der Waals surface area (Å²) in [6.45, 7) is 4.74. The summed E-state index contributed by atoms with van der Waals surface area (Å²) in [6, 6.07) is 14.2. The predicted molar refractivity (Wildman–Crippen MR) is 104 cm³/mol. The Hall–Kier alpha value is -2.62. The molecule has 0 saturated heterocycles. The summed E-state index contributed by atoms with van der Waals surface area (Å²) in [5, 5.41) is 2.95. The van der Waals surface area contributed by atoms with Crippen LogP contribution in [0.3, 0.4) is 0 Å². The van der Waals surface area contributed by atoms with Crippen LogP contribution < -0.4 is 5.32 Å². The average molecular weight is 350 g/mol. The molecule has 1 unspecified atom stereocenters. The third kappa shape index (κ3) is 4.13. The minimum Gasteiger partial charge on any atom is -0.341 e. The third-order valence-electron chi connectivity index (χ3n) is 5.15. The number of anilines is 1. The Labute approximate surface area is 155 Å². The monoisotopic (exact) mass is 350 g/mol. The van der Waals surface area contributed by atoms with Crippen molar-refractivity contribution in [2.75, 3.05) is 12.4 Å². The Morgan fingerprint density at radius 1 is 1.19 bits per heavy atom. The lowest BCUT2D eigenvalue weighted by Crippen LogP contribution is -2.32. The normalized spacial score (nSPS) is 16.0. The largest absolute Gasteiger partial charge is 0.341 e. The number of para-hydroxylation sites is 1. The van der Waals surface area contributed by atoms with Gasteiger partial charge in [0.25, 0.3) is 0 Å². The fraction of sp³-hybridized carbons (Fsp3) is 0.364. The highest BCUT2D eigenvalue weighted by molar-refractivity contribution is 5.96. The molecule has 136 valence electrons. The van der Waals surface area contributed by atoms with Crippen molar-refractivity contribution in [3.8, 4) is 0 Å². The molecule has 0 aliphatic carbocycles. The molecule has 0 bridgehead atoms. The number of nitrogens with one attached hydrogen (secondary N) is 1. The molecular formula is C22H26N2O2. The molecule has 2 aromatic carbocycles. The van der Waals surface area contributed by atoms with Gasteiger partial charge in [-0.2, -0.15) is 0 Å². The third-order valence-corrected chi connectivity index (χ3v) is 5.15. The lowest BCUT2D eigenvalue weighted by molar-refractivity contribution is -0.131. The van der Waals surface area contributed by atoms with Crippen LogP contribution in [0.15, 0.2) is 42.5 Å². The maximum Gasteiger partial charge on any atom is 0.227 e. The van der Waals surface area contributed by atoms with E-state index in [1.165, 1.54) is 11.1 Å². The summed E-state index contributed by atoms with van der Waals surface area (Å²) >= 11 is 0. The molecule has 26 heavy (non-hydrogen) atoms. The van der Waals surface area contributed by atoms with Crippen LogP contribution in [0, 0.1) is 19.8 Å². The van der Waals surface area contributed by atoms with Gasteiger partial charge in [-0.15, -0.1) is 0 Å². The molecule has 0 spiro atoms. The molecule has 1 N–H and O–H groups in total. The van der Waals surface area contributed by atoms with Gasteiger partial charge >= 0.3 is 0 Å². The molecule has 0 saturated carbocycles. The van der Waals surface area contributed by atoms with E-state index in [9.17, 15) is 9.59 Å². The Morgan fingerprint density at radius 2 is 1.96 bits per heavy atom. The standard InChI is InChI=1S/C22H26N2O2/c1-15-8-9-19(16(2)12-15)14-24(3)21(25)11-10-18-13-17-6-4-5-7-20(17)23-22(18)26/h4-9,12,18H,10-11,13-14H2,1-3H3,(H,23,26). The van der Waals surface area contributed by atoms with E-state index in [4.69, 9.17) is 0 Å². The van der Waals surface area contributed by atoms with E-state index in [1.54, 1.807) is 4.90 Å². The van der Waals surface area contributed by atoms with Crippen LogP contribution in [0.5, 0.6) is 0 Å². The summed E-state index contributed by atoms with van der Waals surface area (Å²) in [4.78, 5) is 26.5. The van der Waals surface area contributed by atoms with E-state index < -0.39 is 0 Å². The van der Waals surface area contributed by atoms with E-state index >= 15 is 0 Å². The van der Waals surface area contributed by atoms with E-state index in [0.29, 0.717) is 25.8 Å². The van der Waals surface area contributed by atoms with Gasteiger partial charge in [-0.1, -0.05) is 42.0 Å². The molecule has 4 nitrogen and oxygen atoms in total. The van der Waals surface area contributed by atoms with Crippen LogP contribution in [0.1, 0.15) is 35.1 Å². The second-order valence-electron chi connectivity index (χ2n) is 7.27. The highest BCUT2D eigenvalue weighted by atomic mass is 16.2. The number of benzene rings is 2. The summed E-state index contributed by atoms with van der Waals surface area (Å²) in [6.07, 6.45) is 1.67. The van der Waals surface area contributed by atoms with Crippen molar-refractivity contribution >= 4 is 17.5 Å². The molecule has 2 amide bonds. The maximum absolute atomic E-state index is 12.5. The molecule has 1 aliphatic rings. The molecule has 1 atom stereocenters. The topological polar surface area (TPSA) is 49.4 Å². The molecule has 1 aliphatic heterocycles. The lowest BCUT2D eigenvalue weighted by atomic mass is 9.89. The van der Waals surface area contributed by atoms with Gasteiger partial charge in [0.1, 0.15) is 0 Å². The Morgan fingerprint density at radius 3 is 2.73 bits per heavy atom. The fourth-order valence-electron chi connectivity index (χ4n) is 3.50. The highest BCUT2D eigenvalue weighted by Gasteiger charge is 2.26. The smallest absolute Gasteiger partial charge is 0.227 e. The molecule has 4 heteroatoms. The zero-order valence-corrected chi connectivity index (χ0v) is 15.7. The van der Waals surface area contributed by atoms with Gasteiger partial charge in [0.2, 0.25) is 11.8 Å². The number of aryl methyl sites for hydroxylation is 2. The van der Waals surface area contributed by atoms with Crippen molar-refractivity contribution in [1.82, 2.24) is 4.90 Å². The van der Waals surface area contributed by atoms with Gasteiger partial charge in [-0.25, -0.2) is 0 Å². The molecular weight excluding hydrogens is 324 g/mol. The number of rotatable bonds is 5. The second-order valence-corrected chi connectivity index (χ2v) is 7.27. The summed E-state index contributed by atoms with van der Waals surface area (Å²) < 4.78 is 0. The first-order chi connectivity index (χ1) is 12.4. The second kappa shape index (κ2) is 7.73. The number of fused-ring (bicyclic) bond motifs is 1. The number of hydrogen-bond acceptors (Lipinski definition) is 2. The summed E-state index contributed by atoms with van der Waals surface area (Å²) in [5.74, 6) is -0.0338. The first-order valence-electron chi connectivity index (χ1n) is 9.13. The molecule has 0 aromatic heterocycles. The maximum atomic E-state index is 12.5. The van der Waals surface area contributed by atoms with Gasteiger partial charge in [-0.05, 0) is 49.4 Å². The van der Waals surface area contributed by atoms with E-state index in [2.05, 4.69) is 37.4 Å². The van der Waals surface area contributed by atoms with Gasteiger partial charge in [0, 0.05) is 31.6 Å². The number of carbonyl (C=O) groups excluding carboxylic acids is 2. The van der Waals surface area contributed by atoms with Crippen LogP contribution in [-0.2, 0) is 22.6 Å². The number of nitrogens with zero attached hydrogens (tertiary/aromatic N) is 1. The van der Waals surface area contributed by atoms with Gasteiger partial charge < -0.3 is 10.2 Å². The van der Waals surface area contributed by atoms with Crippen LogP contribution in [0.2, 0.25) is 0 Å². The van der Waals surface area contributed by atoms with Crippen LogP contribution >= 0.6 is 0 Å². The first-order valence-corrected chi connectivity index (χ1v) is 9.13.